The highest BCUT2D eigenvalue weighted by Crippen LogP contribution is 2.27. The first kappa shape index (κ1) is 16.3. The van der Waals surface area contributed by atoms with E-state index in [0.717, 1.165) is 5.56 Å². The van der Waals surface area contributed by atoms with Crippen molar-refractivity contribution in [2.45, 2.75) is 19.3 Å². The van der Waals surface area contributed by atoms with Gasteiger partial charge in [-0.05, 0) is 17.7 Å². The molecule has 3 aromatic rings. The Morgan fingerprint density at radius 1 is 1.23 bits per heavy atom. The molecule has 0 aliphatic carbocycles. The van der Waals surface area contributed by atoms with Crippen molar-refractivity contribution in [3.8, 4) is 5.75 Å². The van der Waals surface area contributed by atoms with E-state index < -0.39 is 0 Å². The predicted octanol–water partition coefficient (Wildman–Crippen LogP) is 2.81. The summed E-state index contributed by atoms with van der Waals surface area (Å²) in [6, 6.07) is 17.1. The Labute approximate surface area is 150 Å². The van der Waals surface area contributed by atoms with Crippen molar-refractivity contribution >= 4 is 11.6 Å². The number of fused-ring (bicyclic) bond motifs is 1. The van der Waals surface area contributed by atoms with Crippen LogP contribution in [-0.2, 0) is 17.9 Å². The maximum absolute atomic E-state index is 12.6. The number of benzene rings is 2. The summed E-state index contributed by atoms with van der Waals surface area (Å²) in [5.41, 5.74) is 2.67. The minimum absolute atomic E-state index is 0.0975. The zero-order valence-electron chi connectivity index (χ0n) is 14.3. The second kappa shape index (κ2) is 6.97. The molecule has 1 aliphatic heterocycles. The molecule has 1 aliphatic rings. The molecule has 2 aromatic carbocycles. The molecule has 0 fully saturated rings. The zero-order chi connectivity index (χ0) is 17.9. The Morgan fingerprint density at radius 2 is 2.08 bits per heavy atom. The fourth-order valence-electron chi connectivity index (χ4n) is 2.95. The number of ether oxygens (including phenoxy) is 2. The summed E-state index contributed by atoms with van der Waals surface area (Å²) in [5.74, 6) is 0.350. The van der Waals surface area contributed by atoms with Gasteiger partial charge in [0.25, 0.3) is 5.91 Å². The lowest BCUT2D eigenvalue weighted by molar-refractivity contribution is -0.00171. The van der Waals surface area contributed by atoms with E-state index in [2.05, 4.69) is 15.6 Å². The molecule has 26 heavy (non-hydrogen) atoms. The van der Waals surface area contributed by atoms with E-state index in [1.807, 2.05) is 42.5 Å². The molecule has 0 radical (unpaired) electrons. The third-order valence-corrected chi connectivity index (χ3v) is 4.31. The molecule has 2 heterocycles. The molecule has 1 amide bonds. The van der Waals surface area contributed by atoms with Gasteiger partial charge < -0.3 is 14.8 Å². The summed E-state index contributed by atoms with van der Waals surface area (Å²) in [4.78, 5) is 12.6. The van der Waals surface area contributed by atoms with Crippen LogP contribution in [0.3, 0.4) is 0 Å². The topological polar surface area (TPSA) is 78.3 Å². The molecule has 7 heteroatoms. The molecule has 4 rings (SSSR count). The fourth-order valence-corrected chi connectivity index (χ4v) is 2.95. The van der Waals surface area contributed by atoms with Gasteiger partial charge in [0.05, 0.1) is 26.0 Å². The van der Waals surface area contributed by atoms with Crippen LogP contribution in [0.2, 0.25) is 0 Å². The standard InChI is InChI=1S/C19H18N4O3/c1-25-15-9-5-8-14(10-15)20-19(24)18-16-12-26-17(11-23(16)22-21-18)13-6-3-2-4-7-13/h2-10,17H,11-12H2,1H3,(H,20,24). The molecule has 0 bridgehead atoms. The largest absolute Gasteiger partial charge is 0.497 e. The van der Waals surface area contributed by atoms with Crippen LogP contribution in [0.1, 0.15) is 27.8 Å². The third-order valence-electron chi connectivity index (χ3n) is 4.31. The Kier molecular flexibility index (Phi) is 4.37. The molecule has 7 nitrogen and oxygen atoms in total. The Morgan fingerprint density at radius 3 is 2.88 bits per heavy atom. The molecule has 0 saturated carbocycles. The Hall–Kier alpha value is -3.19. The van der Waals surface area contributed by atoms with E-state index in [-0.39, 0.29) is 24.3 Å². The van der Waals surface area contributed by atoms with Crippen LogP contribution in [0.15, 0.2) is 54.6 Å². The van der Waals surface area contributed by atoms with Crippen molar-refractivity contribution in [1.29, 1.82) is 0 Å². The van der Waals surface area contributed by atoms with Gasteiger partial charge >= 0.3 is 0 Å². The number of anilines is 1. The molecule has 0 spiro atoms. The van der Waals surface area contributed by atoms with E-state index in [1.54, 1.807) is 23.9 Å². The second-order valence-electron chi connectivity index (χ2n) is 5.96. The number of carbonyl (C=O) groups is 1. The monoisotopic (exact) mass is 350 g/mol. The van der Waals surface area contributed by atoms with Gasteiger partial charge in [0.1, 0.15) is 11.9 Å². The Bertz CT molecular complexity index is 924. The van der Waals surface area contributed by atoms with Crippen molar-refractivity contribution in [2.24, 2.45) is 0 Å². The number of methoxy groups -OCH3 is 1. The minimum Gasteiger partial charge on any atom is -0.497 e. The van der Waals surface area contributed by atoms with Gasteiger partial charge in [-0.3, -0.25) is 4.79 Å². The van der Waals surface area contributed by atoms with Gasteiger partial charge in [-0.15, -0.1) is 5.10 Å². The highest BCUT2D eigenvalue weighted by molar-refractivity contribution is 6.03. The number of nitrogens with zero attached hydrogens (tertiary/aromatic N) is 3. The highest BCUT2D eigenvalue weighted by Gasteiger charge is 2.27. The maximum Gasteiger partial charge on any atom is 0.278 e. The maximum atomic E-state index is 12.6. The summed E-state index contributed by atoms with van der Waals surface area (Å²) in [7, 11) is 1.58. The Balaban J connectivity index is 1.51. The van der Waals surface area contributed by atoms with Gasteiger partial charge in [0.15, 0.2) is 5.69 Å². The van der Waals surface area contributed by atoms with E-state index in [1.165, 1.54) is 0 Å². The molecule has 1 aromatic heterocycles. The molecule has 132 valence electrons. The number of amides is 1. The van der Waals surface area contributed by atoms with Gasteiger partial charge in [0, 0.05) is 11.8 Å². The van der Waals surface area contributed by atoms with Crippen LogP contribution in [0.25, 0.3) is 0 Å². The minimum atomic E-state index is -0.318. The number of rotatable bonds is 4. The highest BCUT2D eigenvalue weighted by atomic mass is 16.5. The molecular weight excluding hydrogens is 332 g/mol. The van der Waals surface area contributed by atoms with E-state index >= 15 is 0 Å². The third kappa shape index (κ3) is 3.16. The van der Waals surface area contributed by atoms with Gasteiger partial charge in [-0.2, -0.15) is 0 Å². The lowest BCUT2D eigenvalue weighted by atomic mass is 10.1. The molecule has 1 atom stereocenters. The summed E-state index contributed by atoms with van der Waals surface area (Å²) in [5, 5.41) is 11.0. The SMILES string of the molecule is COc1cccc(NC(=O)c2nnn3c2COC(c2ccccc2)C3)c1. The van der Waals surface area contributed by atoms with Gasteiger partial charge in [-0.1, -0.05) is 41.6 Å². The lowest BCUT2D eigenvalue weighted by Crippen LogP contribution is -2.24. The molecule has 1 N–H and O–H groups in total. The van der Waals surface area contributed by atoms with Crippen LogP contribution in [0.5, 0.6) is 5.75 Å². The summed E-state index contributed by atoms with van der Waals surface area (Å²) in [6.07, 6.45) is -0.0975. The van der Waals surface area contributed by atoms with Crippen molar-refractivity contribution in [3.05, 3.63) is 71.5 Å². The number of hydrogen-bond acceptors (Lipinski definition) is 5. The molecule has 0 saturated heterocycles. The first-order valence-corrected chi connectivity index (χ1v) is 8.29. The smallest absolute Gasteiger partial charge is 0.278 e. The van der Waals surface area contributed by atoms with Crippen molar-refractivity contribution in [3.63, 3.8) is 0 Å². The second-order valence-corrected chi connectivity index (χ2v) is 5.96. The van der Waals surface area contributed by atoms with E-state index in [4.69, 9.17) is 9.47 Å². The molecular formula is C19H18N4O3. The summed E-state index contributed by atoms with van der Waals surface area (Å²) in [6.45, 7) is 0.812. The first-order valence-electron chi connectivity index (χ1n) is 8.29. The number of nitrogens with one attached hydrogen (secondary N) is 1. The normalized spacial score (nSPS) is 16.0. The average Bonchev–Trinajstić information content (AvgIpc) is 3.12. The van der Waals surface area contributed by atoms with E-state index in [0.29, 0.717) is 23.7 Å². The van der Waals surface area contributed by atoms with Crippen LogP contribution in [0.4, 0.5) is 5.69 Å². The number of hydrogen-bond donors (Lipinski definition) is 1. The summed E-state index contributed by atoms with van der Waals surface area (Å²) >= 11 is 0. The van der Waals surface area contributed by atoms with Crippen molar-refractivity contribution in [1.82, 2.24) is 15.0 Å². The van der Waals surface area contributed by atoms with Crippen LogP contribution in [-0.4, -0.2) is 28.0 Å². The first-order chi connectivity index (χ1) is 12.7. The van der Waals surface area contributed by atoms with Gasteiger partial charge in [-0.25, -0.2) is 4.68 Å². The number of carbonyl (C=O) groups excluding carboxylic acids is 1. The fraction of sp³-hybridized carbons (Fsp3) is 0.211. The van der Waals surface area contributed by atoms with Crippen LogP contribution >= 0.6 is 0 Å². The zero-order valence-corrected chi connectivity index (χ0v) is 14.3. The van der Waals surface area contributed by atoms with Crippen LogP contribution < -0.4 is 10.1 Å². The number of aromatic nitrogens is 3. The summed E-state index contributed by atoms with van der Waals surface area (Å²) < 4.78 is 12.8. The quantitative estimate of drug-likeness (QED) is 0.783. The predicted molar refractivity (Wildman–Crippen MR) is 94.9 cm³/mol. The lowest BCUT2D eigenvalue weighted by Gasteiger charge is -2.24. The van der Waals surface area contributed by atoms with Gasteiger partial charge in [0.2, 0.25) is 0 Å². The van der Waals surface area contributed by atoms with Crippen LogP contribution in [0, 0.1) is 0 Å². The van der Waals surface area contributed by atoms with Crippen molar-refractivity contribution < 1.29 is 14.3 Å². The average molecular weight is 350 g/mol. The van der Waals surface area contributed by atoms with E-state index in [9.17, 15) is 4.79 Å². The molecule has 1 unspecified atom stereocenters. The van der Waals surface area contributed by atoms with Crippen molar-refractivity contribution in [2.75, 3.05) is 12.4 Å².